The van der Waals surface area contributed by atoms with E-state index in [1.807, 2.05) is 19.1 Å². The second-order valence-corrected chi connectivity index (χ2v) is 4.75. The smallest absolute Gasteiger partial charge is 0.0176 e. The van der Waals surface area contributed by atoms with E-state index in [-0.39, 0.29) is 6.04 Å². The molecule has 0 amide bonds. The molecule has 1 aromatic carbocycles. The minimum Gasteiger partial charge on any atom is -0.327 e. The molecule has 0 saturated carbocycles. The summed E-state index contributed by atoms with van der Waals surface area (Å²) in [6.45, 7) is 2.02. The van der Waals surface area contributed by atoms with Crippen LogP contribution < -0.4 is 5.73 Å². The number of benzene rings is 1. The molecule has 0 aromatic heterocycles. The van der Waals surface area contributed by atoms with Crippen LogP contribution in [0.3, 0.4) is 0 Å². The summed E-state index contributed by atoms with van der Waals surface area (Å²) in [5, 5.41) is 0. The molecule has 12 heavy (non-hydrogen) atoms. The first-order chi connectivity index (χ1) is 5.68. The van der Waals surface area contributed by atoms with Gasteiger partial charge in [0.05, 0.1) is 0 Å². The van der Waals surface area contributed by atoms with Crippen molar-refractivity contribution in [2.75, 3.05) is 5.75 Å². The first kappa shape index (κ1) is 10.1. The second-order valence-electron chi connectivity index (χ2n) is 2.74. The molecule has 0 heterocycles. The lowest BCUT2D eigenvalue weighted by atomic mass is 10.4. The van der Waals surface area contributed by atoms with Crippen molar-refractivity contribution in [2.24, 2.45) is 5.73 Å². The van der Waals surface area contributed by atoms with Gasteiger partial charge in [0.2, 0.25) is 0 Å². The van der Waals surface area contributed by atoms with Gasteiger partial charge in [0.15, 0.2) is 0 Å². The van der Waals surface area contributed by atoms with Crippen molar-refractivity contribution in [1.82, 2.24) is 0 Å². The largest absolute Gasteiger partial charge is 0.327 e. The summed E-state index contributed by atoms with van der Waals surface area (Å²) >= 11 is 5.18. The zero-order valence-corrected chi connectivity index (χ0v) is 9.36. The Hall–Kier alpha value is 0.01000. The molecule has 1 nitrogen and oxygen atoms in total. The molecule has 0 aliphatic heterocycles. The van der Waals surface area contributed by atoms with Crippen LogP contribution in [0.15, 0.2) is 33.6 Å². The molecule has 0 bridgehead atoms. The Morgan fingerprint density at radius 3 is 2.50 bits per heavy atom. The average Bonchev–Trinajstić information content (AvgIpc) is 2.03. The molecule has 2 N–H and O–H groups in total. The number of halogens is 1. The topological polar surface area (TPSA) is 26.0 Å². The lowest BCUT2D eigenvalue weighted by Gasteiger charge is -2.04. The summed E-state index contributed by atoms with van der Waals surface area (Å²) in [4.78, 5) is 1.27. The van der Waals surface area contributed by atoms with Crippen molar-refractivity contribution < 1.29 is 0 Å². The number of nitrogens with two attached hydrogens (primary N) is 1. The van der Waals surface area contributed by atoms with E-state index in [9.17, 15) is 0 Å². The molecule has 1 rings (SSSR count). The molecule has 0 unspecified atom stereocenters. The lowest BCUT2D eigenvalue weighted by molar-refractivity contribution is 0.847. The van der Waals surface area contributed by atoms with Crippen molar-refractivity contribution in [3.8, 4) is 0 Å². The molecule has 3 heteroatoms. The van der Waals surface area contributed by atoms with Crippen molar-refractivity contribution in [1.29, 1.82) is 0 Å². The highest BCUT2D eigenvalue weighted by Gasteiger charge is 1.96. The van der Waals surface area contributed by atoms with Gasteiger partial charge in [-0.2, -0.15) is 0 Å². The minimum absolute atomic E-state index is 0.263. The van der Waals surface area contributed by atoms with E-state index < -0.39 is 0 Å². The number of rotatable bonds is 3. The van der Waals surface area contributed by atoms with Crippen LogP contribution in [-0.2, 0) is 0 Å². The van der Waals surface area contributed by atoms with Gasteiger partial charge in [-0.05, 0) is 31.2 Å². The van der Waals surface area contributed by atoms with Crippen molar-refractivity contribution in [3.63, 3.8) is 0 Å². The van der Waals surface area contributed by atoms with Crippen LogP contribution in [0.1, 0.15) is 6.92 Å². The van der Waals surface area contributed by atoms with Crippen molar-refractivity contribution in [3.05, 3.63) is 28.7 Å². The van der Waals surface area contributed by atoms with Crippen LogP contribution in [0.2, 0.25) is 0 Å². The normalized spacial score (nSPS) is 12.9. The average molecular weight is 246 g/mol. The Bertz CT molecular complexity index is 233. The summed E-state index contributed by atoms with van der Waals surface area (Å²) in [6, 6.07) is 8.54. The molecule has 66 valence electrons. The summed E-state index contributed by atoms with van der Waals surface area (Å²) in [5.41, 5.74) is 5.64. The SMILES string of the molecule is C[C@@H](N)CSc1ccc(Br)cc1. The quantitative estimate of drug-likeness (QED) is 0.830. The molecule has 0 spiro atoms. The Labute approximate surface area is 85.9 Å². The third-order valence-corrected chi connectivity index (χ3v) is 3.15. The first-order valence-electron chi connectivity index (χ1n) is 3.82. The van der Waals surface area contributed by atoms with E-state index in [1.165, 1.54) is 4.90 Å². The summed E-state index contributed by atoms with van der Waals surface area (Å²) < 4.78 is 1.12. The van der Waals surface area contributed by atoms with E-state index in [2.05, 4.69) is 28.1 Å². The van der Waals surface area contributed by atoms with Gasteiger partial charge in [-0.3, -0.25) is 0 Å². The Morgan fingerprint density at radius 2 is 2.00 bits per heavy atom. The van der Waals surface area contributed by atoms with Crippen LogP contribution in [-0.4, -0.2) is 11.8 Å². The van der Waals surface area contributed by atoms with Gasteiger partial charge in [-0.15, -0.1) is 11.8 Å². The molecule has 0 aliphatic rings. The highest BCUT2D eigenvalue weighted by atomic mass is 79.9. The van der Waals surface area contributed by atoms with Gasteiger partial charge in [0, 0.05) is 21.2 Å². The monoisotopic (exact) mass is 245 g/mol. The van der Waals surface area contributed by atoms with Gasteiger partial charge in [-0.25, -0.2) is 0 Å². The van der Waals surface area contributed by atoms with Crippen molar-refractivity contribution in [2.45, 2.75) is 17.9 Å². The number of hydrogen-bond acceptors (Lipinski definition) is 2. The van der Waals surface area contributed by atoms with E-state index in [0.29, 0.717) is 0 Å². The molecule has 1 atom stereocenters. The second kappa shape index (κ2) is 4.90. The third kappa shape index (κ3) is 3.61. The van der Waals surface area contributed by atoms with Gasteiger partial charge in [-0.1, -0.05) is 15.9 Å². The molecule has 0 saturated heterocycles. The predicted octanol–water partition coefficient (Wildman–Crippen LogP) is 2.89. The minimum atomic E-state index is 0.263. The summed E-state index contributed by atoms with van der Waals surface area (Å²) in [5.74, 6) is 0.974. The fourth-order valence-electron chi connectivity index (χ4n) is 0.758. The summed E-state index contributed by atoms with van der Waals surface area (Å²) in [7, 11) is 0. The fourth-order valence-corrected chi connectivity index (χ4v) is 1.81. The Kier molecular flexibility index (Phi) is 4.12. The van der Waals surface area contributed by atoms with Crippen LogP contribution in [0.25, 0.3) is 0 Å². The van der Waals surface area contributed by atoms with E-state index >= 15 is 0 Å². The zero-order chi connectivity index (χ0) is 8.97. The maximum absolute atomic E-state index is 5.64. The van der Waals surface area contributed by atoms with E-state index in [0.717, 1.165) is 10.2 Å². The molecule has 1 aromatic rings. The fraction of sp³-hybridized carbons (Fsp3) is 0.333. The highest BCUT2D eigenvalue weighted by molar-refractivity contribution is 9.10. The van der Waals surface area contributed by atoms with Crippen molar-refractivity contribution >= 4 is 27.7 Å². The molecular formula is C9H12BrNS. The summed E-state index contributed by atoms with van der Waals surface area (Å²) in [6.07, 6.45) is 0. The number of thioether (sulfide) groups is 1. The maximum Gasteiger partial charge on any atom is 0.0176 e. The van der Waals surface area contributed by atoms with E-state index in [4.69, 9.17) is 5.73 Å². The van der Waals surface area contributed by atoms with Crippen LogP contribution in [0, 0.1) is 0 Å². The number of hydrogen-bond donors (Lipinski definition) is 1. The Balaban J connectivity index is 2.48. The van der Waals surface area contributed by atoms with Gasteiger partial charge in [0.1, 0.15) is 0 Å². The standard InChI is InChI=1S/C9H12BrNS/c1-7(11)6-12-9-4-2-8(10)3-5-9/h2-5,7H,6,11H2,1H3/t7-/m1/s1. The van der Waals surface area contributed by atoms with Gasteiger partial charge in [0.25, 0.3) is 0 Å². The van der Waals surface area contributed by atoms with E-state index in [1.54, 1.807) is 11.8 Å². The van der Waals surface area contributed by atoms with Gasteiger partial charge < -0.3 is 5.73 Å². The molecular weight excluding hydrogens is 234 g/mol. The Morgan fingerprint density at radius 1 is 1.42 bits per heavy atom. The van der Waals surface area contributed by atoms with Crippen LogP contribution >= 0.6 is 27.7 Å². The highest BCUT2D eigenvalue weighted by Crippen LogP contribution is 2.20. The maximum atomic E-state index is 5.64. The van der Waals surface area contributed by atoms with Crippen LogP contribution in [0.5, 0.6) is 0 Å². The molecule has 0 radical (unpaired) electrons. The first-order valence-corrected chi connectivity index (χ1v) is 5.60. The molecule has 0 aliphatic carbocycles. The van der Waals surface area contributed by atoms with Gasteiger partial charge >= 0.3 is 0 Å². The zero-order valence-electron chi connectivity index (χ0n) is 6.96. The predicted molar refractivity (Wildman–Crippen MR) is 58.5 cm³/mol. The third-order valence-electron chi connectivity index (χ3n) is 1.33. The van der Waals surface area contributed by atoms with Crippen LogP contribution in [0.4, 0.5) is 0 Å². The lowest BCUT2D eigenvalue weighted by Crippen LogP contribution is -2.17. The molecule has 0 fully saturated rings.